The number of aromatic nitrogens is 1. The Bertz CT molecular complexity index is 825. The van der Waals surface area contributed by atoms with Crippen LogP contribution in [0.5, 0.6) is 0 Å². The summed E-state index contributed by atoms with van der Waals surface area (Å²) in [5.74, 6) is -0.186. The number of nitrogens with zero attached hydrogens (tertiary/aromatic N) is 1. The summed E-state index contributed by atoms with van der Waals surface area (Å²) in [5.41, 5.74) is 2.11. The Hall–Kier alpha value is -2.20. The van der Waals surface area contributed by atoms with Crippen LogP contribution < -0.4 is 5.32 Å². The minimum absolute atomic E-state index is 0.0252. The maximum Gasteiger partial charge on any atom is 0.227 e. The van der Waals surface area contributed by atoms with Gasteiger partial charge in [-0.2, -0.15) is 0 Å². The van der Waals surface area contributed by atoms with Gasteiger partial charge in [0.05, 0.1) is 5.92 Å². The number of benzene rings is 2. The Morgan fingerprint density at radius 3 is 2.74 bits per heavy atom. The molecular weight excluding hydrogens is 352 g/mol. The molecule has 3 rings (SSSR count). The molecule has 0 bridgehead atoms. The van der Waals surface area contributed by atoms with Crippen molar-refractivity contribution in [2.45, 2.75) is 19.4 Å². The molecule has 4 heteroatoms. The van der Waals surface area contributed by atoms with Crippen LogP contribution in [0.4, 0.5) is 0 Å². The molecule has 2 aromatic carbocycles. The zero-order valence-electron chi connectivity index (χ0n) is 12.8. The largest absolute Gasteiger partial charge is 0.352 e. The van der Waals surface area contributed by atoms with Crippen molar-refractivity contribution in [1.29, 1.82) is 0 Å². The standard InChI is InChI=1S/C19H17BrN2O/c1-13(17-4-2-3-15-12-21-10-9-18(15)17)19(23)22-11-14-5-7-16(20)8-6-14/h2-10,12-13H,11H2,1H3,(H,22,23). The fraction of sp³-hybridized carbons (Fsp3) is 0.158. The Balaban J connectivity index is 1.75. The highest BCUT2D eigenvalue weighted by atomic mass is 79.9. The number of carbonyl (C=O) groups excluding carboxylic acids is 1. The summed E-state index contributed by atoms with van der Waals surface area (Å²) in [6.45, 7) is 2.47. The zero-order chi connectivity index (χ0) is 16.2. The van der Waals surface area contributed by atoms with Crippen LogP contribution in [0, 0.1) is 0 Å². The van der Waals surface area contributed by atoms with Crippen LogP contribution in [0.25, 0.3) is 10.8 Å². The number of hydrogen-bond donors (Lipinski definition) is 1. The summed E-state index contributed by atoms with van der Waals surface area (Å²) in [6, 6.07) is 15.9. The predicted octanol–water partition coefficient (Wildman–Crippen LogP) is 4.42. The Labute approximate surface area is 143 Å². The third-order valence-electron chi connectivity index (χ3n) is 3.95. The zero-order valence-corrected chi connectivity index (χ0v) is 14.4. The maximum atomic E-state index is 12.5. The van der Waals surface area contributed by atoms with Gasteiger partial charge in [-0.25, -0.2) is 0 Å². The van der Waals surface area contributed by atoms with Crippen LogP contribution in [-0.4, -0.2) is 10.9 Å². The van der Waals surface area contributed by atoms with Crippen LogP contribution >= 0.6 is 15.9 Å². The summed E-state index contributed by atoms with van der Waals surface area (Å²) < 4.78 is 1.03. The van der Waals surface area contributed by atoms with Crippen molar-refractivity contribution in [3.63, 3.8) is 0 Å². The van der Waals surface area contributed by atoms with Crippen molar-refractivity contribution in [1.82, 2.24) is 10.3 Å². The van der Waals surface area contributed by atoms with E-state index in [1.54, 1.807) is 6.20 Å². The summed E-state index contributed by atoms with van der Waals surface area (Å²) in [6.07, 6.45) is 3.59. The van der Waals surface area contributed by atoms with Gasteiger partial charge in [0.25, 0.3) is 0 Å². The molecule has 1 heterocycles. The van der Waals surface area contributed by atoms with Gasteiger partial charge < -0.3 is 5.32 Å². The first-order valence-electron chi connectivity index (χ1n) is 7.50. The number of pyridine rings is 1. The average molecular weight is 369 g/mol. The van der Waals surface area contributed by atoms with Gasteiger partial charge in [0, 0.05) is 28.8 Å². The lowest BCUT2D eigenvalue weighted by Crippen LogP contribution is -2.27. The summed E-state index contributed by atoms with van der Waals surface area (Å²) in [7, 11) is 0. The van der Waals surface area contributed by atoms with E-state index in [4.69, 9.17) is 0 Å². The van der Waals surface area contributed by atoms with Gasteiger partial charge in [0.1, 0.15) is 0 Å². The fourth-order valence-electron chi connectivity index (χ4n) is 2.61. The summed E-state index contributed by atoms with van der Waals surface area (Å²) in [5, 5.41) is 5.14. The van der Waals surface area contributed by atoms with Gasteiger partial charge in [0.2, 0.25) is 5.91 Å². The molecule has 1 N–H and O–H groups in total. The van der Waals surface area contributed by atoms with E-state index in [1.165, 1.54) is 0 Å². The van der Waals surface area contributed by atoms with Gasteiger partial charge in [0.15, 0.2) is 0 Å². The molecule has 1 unspecified atom stereocenters. The first-order valence-corrected chi connectivity index (χ1v) is 8.29. The molecule has 0 aliphatic carbocycles. The van der Waals surface area contributed by atoms with E-state index in [0.717, 1.165) is 26.4 Å². The van der Waals surface area contributed by atoms with Crippen molar-refractivity contribution < 1.29 is 4.79 Å². The smallest absolute Gasteiger partial charge is 0.227 e. The average Bonchev–Trinajstić information content (AvgIpc) is 2.60. The van der Waals surface area contributed by atoms with Crippen molar-refractivity contribution >= 4 is 32.6 Å². The SMILES string of the molecule is CC(C(=O)NCc1ccc(Br)cc1)c1cccc2cnccc12. The molecular formula is C19H17BrN2O. The third-order valence-corrected chi connectivity index (χ3v) is 4.48. The van der Waals surface area contributed by atoms with Crippen LogP contribution in [0.3, 0.4) is 0 Å². The highest BCUT2D eigenvalue weighted by molar-refractivity contribution is 9.10. The minimum atomic E-state index is -0.212. The van der Waals surface area contributed by atoms with E-state index in [0.29, 0.717) is 6.54 Å². The van der Waals surface area contributed by atoms with Crippen molar-refractivity contribution in [2.75, 3.05) is 0 Å². The van der Waals surface area contributed by atoms with Crippen LogP contribution in [0.1, 0.15) is 24.0 Å². The summed E-state index contributed by atoms with van der Waals surface area (Å²) in [4.78, 5) is 16.6. The second-order valence-electron chi connectivity index (χ2n) is 5.51. The van der Waals surface area contributed by atoms with E-state index >= 15 is 0 Å². The number of hydrogen-bond acceptors (Lipinski definition) is 2. The van der Waals surface area contributed by atoms with Crippen molar-refractivity contribution in [3.05, 3.63) is 76.5 Å². The van der Waals surface area contributed by atoms with Crippen LogP contribution in [0.2, 0.25) is 0 Å². The van der Waals surface area contributed by atoms with Gasteiger partial charge in [-0.05, 0) is 41.6 Å². The van der Waals surface area contributed by atoms with Gasteiger partial charge in [-0.3, -0.25) is 9.78 Å². The predicted molar refractivity (Wildman–Crippen MR) is 96.1 cm³/mol. The lowest BCUT2D eigenvalue weighted by molar-refractivity contribution is -0.122. The molecule has 0 saturated carbocycles. The molecule has 0 spiro atoms. The monoisotopic (exact) mass is 368 g/mol. The van der Waals surface area contributed by atoms with E-state index in [-0.39, 0.29) is 11.8 Å². The molecule has 0 aliphatic rings. The minimum Gasteiger partial charge on any atom is -0.352 e. The molecule has 0 radical (unpaired) electrons. The maximum absolute atomic E-state index is 12.5. The molecule has 23 heavy (non-hydrogen) atoms. The third kappa shape index (κ3) is 3.59. The van der Waals surface area contributed by atoms with Gasteiger partial charge in [-0.1, -0.05) is 46.3 Å². The number of fused-ring (bicyclic) bond motifs is 1. The van der Waals surface area contributed by atoms with E-state index in [1.807, 2.05) is 61.7 Å². The van der Waals surface area contributed by atoms with Crippen LogP contribution in [-0.2, 0) is 11.3 Å². The molecule has 1 amide bonds. The highest BCUT2D eigenvalue weighted by Gasteiger charge is 2.17. The quantitative estimate of drug-likeness (QED) is 0.740. The molecule has 3 aromatic rings. The van der Waals surface area contributed by atoms with Crippen LogP contribution in [0.15, 0.2) is 65.4 Å². The number of carbonyl (C=O) groups is 1. The molecule has 0 aliphatic heterocycles. The first-order chi connectivity index (χ1) is 11.1. The lowest BCUT2D eigenvalue weighted by atomic mass is 9.95. The normalized spacial score (nSPS) is 12.1. The molecule has 0 saturated heterocycles. The Morgan fingerprint density at radius 1 is 1.17 bits per heavy atom. The van der Waals surface area contributed by atoms with E-state index in [9.17, 15) is 4.79 Å². The number of nitrogens with one attached hydrogen (secondary N) is 1. The number of rotatable bonds is 4. The van der Waals surface area contributed by atoms with Gasteiger partial charge >= 0.3 is 0 Å². The first kappa shape index (κ1) is 15.7. The summed E-state index contributed by atoms with van der Waals surface area (Å²) >= 11 is 3.41. The van der Waals surface area contributed by atoms with Gasteiger partial charge in [-0.15, -0.1) is 0 Å². The molecule has 1 atom stereocenters. The molecule has 0 fully saturated rings. The fourth-order valence-corrected chi connectivity index (χ4v) is 2.88. The Kier molecular flexibility index (Phi) is 4.72. The lowest BCUT2D eigenvalue weighted by Gasteiger charge is -2.15. The Morgan fingerprint density at radius 2 is 1.96 bits per heavy atom. The second-order valence-corrected chi connectivity index (χ2v) is 6.43. The van der Waals surface area contributed by atoms with Crippen molar-refractivity contribution in [2.24, 2.45) is 0 Å². The molecule has 3 nitrogen and oxygen atoms in total. The topological polar surface area (TPSA) is 42.0 Å². The van der Waals surface area contributed by atoms with Crippen molar-refractivity contribution in [3.8, 4) is 0 Å². The highest BCUT2D eigenvalue weighted by Crippen LogP contribution is 2.25. The number of amides is 1. The van der Waals surface area contributed by atoms with E-state index in [2.05, 4.69) is 26.2 Å². The second kappa shape index (κ2) is 6.92. The van der Waals surface area contributed by atoms with E-state index < -0.39 is 0 Å². The molecule has 116 valence electrons. The number of halogens is 1. The molecule has 1 aromatic heterocycles.